The van der Waals surface area contributed by atoms with Gasteiger partial charge in [0.15, 0.2) is 6.20 Å². The molecule has 0 aliphatic carbocycles. The molecule has 0 unspecified atom stereocenters. The van der Waals surface area contributed by atoms with Crippen molar-refractivity contribution < 1.29 is 81.8 Å². The molecular weight excluding hydrogens is 1340 g/mol. The summed E-state index contributed by atoms with van der Waals surface area (Å²) < 4.78 is 29.1. The van der Waals surface area contributed by atoms with E-state index in [1.54, 1.807) is 6.20 Å². The van der Waals surface area contributed by atoms with Gasteiger partial charge in [-0.3, -0.25) is 19.2 Å². The number of imidazole rings is 2. The molecule has 0 fully saturated rings. The second-order valence-electron chi connectivity index (χ2n) is 23.3. The van der Waals surface area contributed by atoms with Gasteiger partial charge in [-0.1, -0.05) is 97.1 Å². The molecule has 8 aromatic heterocycles. The Balaban J connectivity index is 0.00000457. The number of aryl methyl sites for hydroxylation is 6. The first kappa shape index (κ1) is 67.2. The molecule has 0 N–H and O–H groups in total. The zero-order chi connectivity index (χ0) is 66.1. The molecule has 4 aliphatic rings. The molecule has 4 aliphatic heterocycles. The van der Waals surface area contributed by atoms with Crippen LogP contribution >= 0.6 is 0 Å². The maximum absolute atomic E-state index is 13.6. The first-order valence-electron chi connectivity index (χ1n) is 31.5. The third-order valence-corrected chi connectivity index (χ3v) is 17.7. The van der Waals surface area contributed by atoms with Crippen LogP contribution in [0.5, 0.6) is 0 Å². The van der Waals surface area contributed by atoms with E-state index in [1.807, 2.05) is 204 Å². The van der Waals surface area contributed by atoms with Gasteiger partial charge in [-0.15, -0.1) is 37.8 Å². The van der Waals surface area contributed by atoms with E-state index in [1.165, 1.54) is 28.4 Å². The summed E-state index contributed by atoms with van der Waals surface area (Å²) in [6.45, 7) is 0. The maximum atomic E-state index is 13.6. The fourth-order valence-corrected chi connectivity index (χ4v) is 12.9. The molecular formula is C76H64N12O8Zn2+2. The van der Waals surface area contributed by atoms with Gasteiger partial charge in [-0.2, -0.15) is 4.68 Å². The van der Waals surface area contributed by atoms with Gasteiger partial charge < -0.3 is 38.5 Å². The van der Waals surface area contributed by atoms with Crippen LogP contribution < -0.4 is 19.6 Å². The number of esters is 4. The normalized spacial score (nSPS) is 11.9. The predicted octanol–water partition coefficient (Wildman–Crippen LogP) is 11.7. The summed E-state index contributed by atoms with van der Waals surface area (Å²) in [4.78, 5) is 96.0. The van der Waals surface area contributed by atoms with Crippen molar-refractivity contribution in [2.24, 2.45) is 14.1 Å². The first-order valence-corrected chi connectivity index (χ1v) is 31.5. The third-order valence-electron chi connectivity index (χ3n) is 17.7. The van der Waals surface area contributed by atoms with E-state index in [-0.39, 0.29) is 108 Å². The van der Waals surface area contributed by atoms with Crippen molar-refractivity contribution in [3.63, 3.8) is 0 Å². The van der Waals surface area contributed by atoms with Crippen LogP contribution in [0.2, 0.25) is 0 Å². The summed E-state index contributed by atoms with van der Waals surface area (Å²) in [5, 5.41) is 0. The Morgan fingerprint density at radius 2 is 0.755 bits per heavy atom. The van der Waals surface area contributed by atoms with E-state index in [0.717, 1.165) is 27.8 Å². The minimum atomic E-state index is -0.412. The maximum Gasteiger partial charge on any atom is 2.00 e. The Labute approximate surface area is 589 Å². The van der Waals surface area contributed by atoms with Crippen molar-refractivity contribution in [1.29, 1.82) is 0 Å². The number of ether oxygens (including phenoxy) is 4. The molecule has 12 heterocycles. The molecule has 0 saturated carbocycles. The van der Waals surface area contributed by atoms with Crippen LogP contribution in [0, 0.1) is 0 Å². The Kier molecular flexibility index (Phi) is 19.8. The van der Waals surface area contributed by atoms with Crippen molar-refractivity contribution in [3.05, 3.63) is 202 Å². The zero-order valence-corrected chi connectivity index (χ0v) is 61.0. The molecule has 22 heteroatoms. The second kappa shape index (κ2) is 28.9. The monoisotopic (exact) mass is 1400 g/mol. The van der Waals surface area contributed by atoms with Gasteiger partial charge in [0.2, 0.25) is 0 Å². The van der Waals surface area contributed by atoms with E-state index in [9.17, 15) is 19.2 Å². The van der Waals surface area contributed by atoms with E-state index in [4.69, 9.17) is 58.8 Å². The predicted molar refractivity (Wildman–Crippen MR) is 368 cm³/mol. The van der Waals surface area contributed by atoms with Crippen LogP contribution in [-0.2, 0) is 117 Å². The number of carbonyl (C=O) groups excluding carboxylic acids is 4. The average molecular weight is 1400 g/mol. The number of methoxy groups -OCH3 is 4. The van der Waals surface area contributed by atoms with Crippen LogP contribution in [0.1, 0.15) is 93.5 Å². The molecule has 20 nitrogen and oxygen atoms in total. The number of nitrogens with zero attached hydrogens (tertiary/aromatic N) is 12. The Morgan fingerprint density at radius 3 is 1.16 bits per heavy atom. The summed E-state index contributed by atoms with van der Waals surface area (Å²) in [5.41, 5.74) is 17.2. The second-order valence-corrected chi connectivity index (χ2v) is 23.3. The van der Waals surface area contributed by atoms with Crippen LogP contribution in [0.25, 0.3) is 138 Å². The molecule has 0 amide bonds. The van der Waals surface area contributed by atoms with Crippen LogP contribution in [0.3, 0.4) is 0 Å². The standard InChI is InChI=1S/C76H64N12O8.2Zn/c1-85-42-41-77-75(85)74-64-34-26-56(83-64)49(19-39-69(91)95-5)53-23-30-60(80-53)72(46-15-11-8-12-16-46)61-31-27-57(84-61)50(20-40-70(92)96-6)65-35-36-66(74)88(65)87-44-43-86(2)76(87)73-62-32-24-54(81-62)47(17-37-67(89)93-3)51-21-28-58(78-51)71(45-13-9-7-10-14-45)59-29-22-52(79-59)48(18-38-68(90)94-4)55-25-33-63(73)82-55;;/h7-16,21-36,41-44H,17-20,37-40H2,1-6H3;;/q-2;2*+2. The molecule has 98 heavy (non-hydrogen) atoms. The van der Waals surface area contributed by atoms with Crippen molar-refractivity contribution in [1.82, 2.24) is 53.7 Å². The van der Waals surface area contributed by atoms with Gasteiger partial charge in [0.05, 0.1) is 103 Å². The smallest absolute Gasteiger partial charge is 0.657 e. The van der Waals surface area contributed by atoms with Gasteiger partial charge in [0.1, 0.15) is 12.0 Å². The largest absolute Gasteiger partial charge is 2.00 e. The van der Waals surface area contributed by atoms with Crippen molar-refractivity contribution in [3.8, 4) is 45.0 Å². The summed E-state index contributed by atoms with van der Waals surface area (Å²) in [6, 6.07) is 35.7. The fourth-order valence-electron chi connectivity index (χ4n) is 12.9. The average Bonchev–Trinajstić information content (AvgIpc) is 1.57. The van der Waals surface area contributed by atoms with E-state index in [0.29, 0.717) is 129 Å². The minimum Gasteiger partial charge on any atom is -0.657 e. The van der Waals surface area contributed by atoms with Gasteiger partial charge in [0, 0.05) is 50.7 Å². The van der Waals surface area contributed by atoms with Crippen LogP contribution in [0.15, 0.2) is 134 Å². The zero-order valence-electron chi connectivity index (χ0n) is 55.0. The molecule has 0 radical (unpaired) electrons. The SMILES string of the molecule is COC(=O)CCc1c2nc(c(-c3n(C)cc[n+]3-n3c4ccc3c(-c3nccn3C)c3nc(c(CCC(=O)OC)c5ccc([n-]5)c(-c5ccccc5)c5nc(c4CCC(=O)OC)C=C5)C=C3)c3ccc([n-]3)c(CCC(=O)OC)c3nc(c(-c4ccccc4)c4ccc1[n-]4)C=C3)C=C2.[Zn+2].[Zn+2]. The number of rotatable bonds is 17. The summed E-state index contributed by atoms with van der Waals surface area (Å²) in [7, 11) is 9.40. The Morgan fingerprint density at radius 1 is 0.398 bits per heavy atom. The van der Waals surface area contributed by atoms with Crippen molar-refractivity contribution in [2.75, 3.05) is 28.4 Å². The number of benzene rings is 2. The van der Waals surface area contributed by atoms with E-state index < -0.39 is 5.97 Å². The molecule has 0 atom stereocenters. The number of carbonyl (C=O) groups is 4. The molecule has 16 bridgehead atoms. The molecule has 478 valence electrons. The fraction of sp³-hybridized carbons (Fsp3) is 0.184. The number of aromatic nitrogens is 12. The van der Waals surface area contributed by atoms with Gasteiger partial charge in [-0.05, 0) is 125 Å². The molecule has 0 saturated heterocycles. The van der Waals surface area contributed by atoms with Gasteiger partial charge in [0.25, 0.3) is 0 Å². The minimum absolute atomic E-state index is 0. The number of fused-ring (bicyclic) bond motifs is 16. The summed E-state index contributed by atoms with van der Waals surface area (Å²) >= 11 is 0. The van der Waals surface area contributed by atoms with Gasteiger partial charge in [-0.25, -0.2) is 29.5 Å². The molecule has 14 rings (SSSR count). The number of hydrogen-bond acceptors (Lipinski definition) is 13. The molecule has 0 spiro atoms. The van der Waals surface area contributed by atoms with Crippen molar-refractivity contribution >= 4 is 117 Å². The number of hydrogen-bond donors (Lipinski definition) is 0. The summed E-state index contributed by atoms with van der Waals surface area (Å²) in [5.74, 6) is -0.387. The van der Waals surface area contributed by atoms with Crippen LogP contribution in [-0.4, -0.2) is 91.0 Å². The van der Waals surface area contributed by atoms with Crippen molar-refractivity contribution in [2.45, 2.75) is 51.4 Å². The topological polar surface area (TPSA) is 231 Å². The Hall–Kier alpha value is -10.8. The third kappa shape index (κ3) is 12.9. The molecule has 10 aromatic rings. The van der Waals surface area contributed by atoms with E-state index >= 15 is 0 Å². The first-order chi connectivity index (χ1) is 46.9. The van der Waals surface area contributed by atoms with E-state index in [2.05, 4.69) is 4.68 Å². The Bertz CT molecular complexity index is 5300. The quantitative estimate of drug-likeness (QED) is 0.0357. The van der Waals surface area contributed by atoms with Crippen LogP contribution in [0.4, 0.5) is 0 Å². The summed E-state index contributed by atoms with van der Waals surface area (Å²) in [6.07, 6.45) is 24.3. The van der Waals surface area contributed by atoms with Gasteiger partial charge >= 0.3 is 68.7 Å². The molecule has 2 aromatic carbocycles.